The molecule has 23 heavy (non-hydrogen) atoms. The van der Waals surface area contributed by atoms with E-state index < -0.39 is 10.8 Å². The van der Waals surface area contributed by atoms with E-state index in [1.807, 2.05) is 20.8 Å². The Morgan fingerprint density at radius 3 is 2.65 bits per heavy atom. The van der Waals surface area contributed by atoms with Crippen LogP contribution < -0.4 is 10.9 Å². The normalized spacial score (nSPS) is 13.0. The first-order valence-electron chi connectivity index (χ1n) is 7.11. The van der Waals surface area contributed by atoms with E-state index in [4.69, 9.17) is 12.2 Å². The fraction of sp³-hybridized carbons (Fsp3) is 0.400. The first-order valence-corrected chi connectivity index (χ1v) is 8.84. The second kappa shape index (κ2) is 6.76. The number of carbonyl (C=O) groups excluding carboxylic acids is 1. The fourth-order valence-corrected chi connectivity index (χ4v) is 3.08. The molecule has 0 aliphatic carbocycles. The van der Waals surface area contributed by atoms with Gasteiger partial charge in [0.05, 0.1) is 10.9 Å². The summed E-state index contributed by atoms with van der Waals surface area (Å²) in [5.74, 6) is 0.114. The maximum Gasteiger partial charge on any atom is 0.259 e. The van der Waals surface area contributed by atoms with Gasteiger partial charge in [-0.05, 0) is 51.2 Å². The highest BCUT2D eigenvalue weighted by molar-refractivity contribution is 7.86. The van der Waals surface area contributed by atoms with Crippen LogP contribution >= 0.6 is 12.2 Å². The highest BCUT2D eigenvalue weighted by atomic mass is 32.2. The molecule has 124 valence electrons. The minimum atomic E-state index is -1.02. The molecule has 0 saturated carbocycles. The van der Waals surface area contributed by atoms with Gasteiger partial charge in [-0.3, -0.25) is 18.8 Å². The van der Waals surface area contributed by atoms with E-state index in [9.17, 15) is 13.8 Å². The molecule has 2 aromatic rings. The molecule has 0 spiro atoms. The maximum atomic E-state index is 12.2. The van der Waals surface area contributed by atoms with Crippen LogP contribution in [0, 0.1) is 4.77 Å². The largest absolute Gasteiger partial charge is 0.351 e. The van der Waals surface area contributed by atoms with Gasteiger partial charge in [-0.1, -0.05) is 0 Å². The number of rotatable bonds is 4. The molecule has 3 N–H and O–H groups in total. The average Bonchev–Trinajstić information content (AvgIpc) is 2.45. The number of hydrogen-bond acceptors (Lipinski definition) is 4. The first-order chi connectivity index (χ1) is 10.7. The van der Waals surface area contributed by atoms with Crippen molar-refractivity contribution in [3.8, 4) is 0 Å². The van der Waals surface area contributed by atoms with E-state index in [2.05, 4.69) is 15.3 Å². The predicted molar refractivity (Wildman–Crippen MR) is 94.8 cm³/mol. The molecule has 2 rings (SSSR count). The van der Waals surface area contributed by atoms with Gasteiger partial charge in [0.25, 0.3) is 11.5 Å². The summed E-state index contributed by atoms with van der Waals surface area (Å²) in [5.41, 5.74) is 0.622. The zero-order chi connectivity index (χ0) is 17.2. The summed E-state index contributed by atoms with van der Waals surface area (Å²) in [6.07, 6.45) is 0. The maximum absolute atomic E-state index is 12.2. The quantitative estimate of drug-likeness (QED) is 0.731. The number of aromatic amines is 2. The van der Waals surface area contributed by atoms with Crippen molar-refractivity contribution in [3.63, 3.8) is 0 Å². The molecule has 8 heteroatoms. The van der Waals surface area contributed by atoms with Crippen molar-refractivity contribution in [1.29, 1.82) is 0 Å². The monoisotopic (exact) mass is 353 g/mol. The van der Waals surface area contributed by atoms with E-state index in [1.54, 1.807) is 18.2 Å². The smallest absolute Gasteiger partial charge is 0.259 e. The molecule has 0 bridgehead atoms. The van der Waals surface area contributed by atoms with Crippen molar-refractivity contribution in [2.24, 2.45) is 0 Å². The topological polar surface area (TPSA) is 94.8 Å². The molecular formula is C15H19N3O3S2. The lowest BCUT2D eigenvalue weighted by atomic mass is 10.1. The minimum absolute atomic E-state index is 0.209. The Balaban J connectivity index is 2.11. The van der Waals surface area contributed by atoms with E-state index >= 15 is 0 Å². The summed E-state index contributed by atoms with van der Waals surface area (Å²) in [6.45, 7) is 6.02. The fourth-order valence-electron chi connectivity index (χ4n) is 1.98. The lowest BCUT2D eigenvalue weighted by molar-refractivity contribution is 0.0956. The van der Waals surface area contributed by atoms with Gasteiger partial charge in [-0.2, -0.15) is 0 Å². The Kier molecular flexibility index (Phi) is 5.16. The summed E-state index contributed by atoms with van der Waals surface area (Å²) in [5, 5.41) is 3.17. The van der Waals surface area contributed by atoms with Gasteiger partial charge in [0, 0.05) is 33.4 Å². The van der Waals surface area contributed by atoms with Crippen LogP contribution in [0.15, 0.2) is 23.0 Å². The number of benzene rings is 1. The van der Waals surface area contributed by atoms with Crippen molar-refractivity contribution in [1.82, 2.24) is 15.3 Å². The summed E-state index contributed by atoms with van der Waals surface area (Å²) >= 11 is 4.92. The summed E-state index contributed by atoms with van der Waals surface area (Å²) in [7, 11) is -1.02. The number of aromatic nitrogens is 2. The van der Waals surface area contributed by atoms with Crippen LogP contribution in [-0.4, -0.2) is 37.1 Å². The zero-order valence-electron chi connectivity index (χ0n) is 13.2. The van der Waals surface area contributed by atoms with Crippen LogP contribution in [0.25, 0.3) is 10.9 Å². The third-order valence-electron chi connectivity index (χ3n) is 3.26. The summed E-state index contributed by atoms with van der Waals surface area (Å²) in [6, 6.07) is 4.72. The number of H-pyrrole nitrogens is 2. The molecule has 0 saturated heterocycles. The summed E-state index contributed by atoms with van der Waals surface area (Å²) in [4.78, 5) is 29.2. The Morgan fingerprint density at radius 1 is 1.30 bits per heavy atom. The van der Waals surface area contributed by atoms with E-state index in [0.29, 0.717) is 28.8 Å². The van der Waals surface area contributed by atoms with Crippen LogP contribution in [0.3, 0.4) is 0 Å². The molecule has 1 atom stereocenters. The van der Waals surface area contributed by atoms with Gasteiger partial charge >= 0.3 is 0 Å². The molecule has 0 radical (unpaired) electrons. The Bertz CT molecular complexity index is 878. The van der Waals surface area contributed by atoms with Crippen LogP contribution in [-0.2, 0) is 10.8 Å². The lowest BCUT2D eigenvalue weighted by Gasteiger charge is -2.17. The third-order valence-corrected chi connectivity index (χ3v) is 5.40. The number of hydrogen-bond donors (Lipinski definition) is 3. The van der Waals surface area contributed by atoms with Gasteiger partial charge in [-0.15, -0.1) is 0 Å². The number of amides is 1. The van der Waals surface area contributed by atoms with Gasteiger partial charge < -0.3 is 10.3 Å². The highest BCUT2D eigenvalue weighted by Gasteiger charge is 2.19. The molecule has 1 heterocycles. The van der Waals surface area contributed by atoms with Crippen molar-refractivity contribution in [2.45, 2.75) is 25.5 Å². The second-order valence-corrected chi connectivity index (χ2v) is 8.82. The average molecular weight is 353 g/mol. The van der Waals surface area contributed by atoms with Gasteiger partial charge in [0.1, 0.15) is 0 Å². The third kappa shape index (κ3) is 4.35. The standard InChI is InChI=1S/C15H19N3O3S2/c1-15(2,3)23(21)7-6-16-12(19)9-4-5-10-11(8-9)17-14(22)18-13(10)20/h4-5,8H,6-7H2,1-3H3,(H,16,19)(H2,17,18,20,22). The SMILES string of the molecule is CC(C)(C)S(=O)CCNC(=O)c1ccc2c(=O)[nH]c(=S)[nH]c2c1. The highest BCUT2D eigenvalue weighted by Crippen LogP contribution is 2.11. The number of nitrogens with one attached hydrogen (secondary N) is 3. The molecular weight excluding hydrogens is 334 g/mol. The van der Waals surface area contributed by atoms with E-state index in [0.717, 1.165) is 0 Å². The lowest BCUT2D eigenvalue weighted by Crippen LogP contribution is -2.32. The molecule has 0 aliphatic heterocycles. The molecule has 1 aromatic heterocycles. The van der Waals surface area contributed by atoms with Crippen LogP contribution in [0.5, 0.6) is 0 Å². The van der Waals surface area contributed by atoms with Crippen molar-refractivity contribution in [2.75, 3.05) is 12.3 Å². The van der Waals surface area contributed by atoms with Crippen LogP contribution in [0.4, 0.5) is 0 Å². The minimum Gasteiger partial charge on any atom is -0.351 e. The molecule has 0 aliphatic rings. The van der Waals surface area contributed by atoms with Crippen molar-refractivity contribution in [3.05, 3.63) is 38.9 Å². The van der Waals surface area contributed by atoms with E-state index in [1.165, 1.54) is 0 Å². The predicted octanol–water partition coefficient (Wildman–Crippen LogP) is 1.86. The first kappa shape index (κ1) is 17.6. The van der Waals surface area contributed by atoms with Crippen LogP contribution in [0.2, 0.25) is 0 Å². The van der Waals surface area contributed by atoms with Gasteiger partial charge in [0.15, 0.2) is 4.77 Å². The van der Waals surface area contributed by atoms with Crippen molar-refractivity contribution >= 4 is 39.8 Å². The summed E-state index contributed by atoms with van der Waals surface area (Å²) < 4.78 is 11.8. The number of carbonyl (C=O) groups is 1. The Morgan fingerprint density at radius 2 is 2.00 bits per heavy atom. The molecule has 1 amide bonds. The number of fused-ring (bicyclic) bond motifs is 1. The Labute approximate surface area is 141 Å². The molecule has 6 nitrogen and oxygen atoms in total. The van der Waals surface area contributed by atoms with Crippen molar-refractivity contribution < 1.29 is 9.00 Å². The van der Waals surface area contributed by atoms with Gasteiger partial charge in [-0.25, -0.2) is 0 Å². The molecule has 1 aromatic carbocycles. The van der Waals surface area contributed by atoms with E-state index in [-0.39, 0.29) is 21.0 Å². The van der Waals surface area contributed by atoms with Crippen LogP contribution in [0.1, 0.15) is 31.1 Å². The molecule has 0 fully saturated rings. The van der Waals surface area contributed by atoms with Gasteiger partial charge in [0.2, 0.25) is 0 Å². The zero-order valence-corrected chi connectivity index (χ0v) is 14.8. The molecule has 1 unspecified atom stereocenters. The Hall–Kier alpha value is -1.80. The second-order valence-electron chi connectivity index (χ2n) is 6.09.